The lowest BCUT2D eigenvalue weighted by Crippen LogP contribution is -2.53. The molecule has 0 spiro atoms. The van der Waals surface area contributed by atoms with E-state index in [1.807, 2.05) is 27.7 Å². The molecule has 0 radical (unpaired) electrons. The van der Waals surface area contributed by atoms with Crippen molar-refractivity contribution in [3.05, 3.63) is 29.6 Å². The van der Waals surface area contributed by atoms with Crippen LogP contribution in [0.15, 0.2) is 18.2 Å². The molecule has 5 heteroatoms. The molecule has 1 aliphatic rings. The van der Waals surface area contributed by atoms with E-state index in [1.54, 1.807) is 17.0 Å². The summed E-state index contributed by atoms with van der Waals surface area (Å²) in [6.45, 7) is 9.31. The molecule has 1 atom stereocenters. The molecule has 0 aromatic heterocycles. The molecule has 1 aromatic rings. The Hall–Kier alpha value is -1.62. The maximum atomic E-state index is 13.9. The topological polar surface area (TPSA) is 41.6 Å². The van der Waals surface area contributed by atoms with Crippen LogP contribution in [-0.2, 0) is 4.74 Å². The molecular formula is C16H23FN2O2. The average Bonchev–Trinajstić information content (AvgIpc) is 2.38. The third kappa shape index (κ3) is 3.53. The van der Waals surface area contributed by atoms with E-state index in [4.69, 9.17) is 4.74 Å². The molecule has 1 unspecified atom stereocenters. The van der Waals surface area contributed by atoms with Gasteiger partial charge in [-0.2, -0.15) is 0 Å². The van der Waals surface area contributed by atoms with Crippen molar-refractivity contribution in [3.8, 4) is 0 Å². The van der Waals surface area contributed by atoms with Crippen molar-refractivity contribution in [2.45, 2.75) is 39.4 Å². The van der Waals surface area contributed by atoms with Gasteiger partial charge in [0.25, 0.3) is 5.91 Å². The minimum atomic E-state index is -0.400. The third-order valence-electron chi connectivity index (χ3n) is 3.45. The van der Waals surface area contributed by atoms with Crippen molar-refractivity contribution < 1.29 is 13.9 Å². The normalized spacial score (nSPS) is 21.2. The Bertz CT molecular complexity index is 531. The summed E-state index contributed by atoms with van der Waals surface area (Å²) < 4.78 is 19.7. The first-order valence-corrected chi connectivity index (χ1v) is 7.33. The molecule has 1 aromatic carbocycles. The first-order valence-electron chi connectivity index (χ1n) is 7.33. The second-order valence-electron chi connectivity index (χ2n) is 6.07. The summed E-state index contributed by atoms with van der Waals surface area (Å²) in [5.41, 5.74) is 0.266. The lowest BCUT2D eigenvalue weighted by molar-refractivity contribution is -0.118. The molecule has 0 bridgehead atoms. The van der Waals surface area contributed by atoms with Crippen molar-refractivity contribution in [1.82, 2.24) is 4.90 Å². The van der Waals surface area contributed by atoms with E-state index >= 15 is 0 Å². The van der Waals surface area contributed by atoms with Crippen LogP contribution in [0.1, 0.15) is 38.1 Å². The quantitative estimate of drug-likeness (QED) is 0.932. The molecule has 1 heterocycles. The molecule has 1 amide bonds. The van der Waals surface area contributed by atoms with Gasteiger partial charge in [0.2, 0.25) is 0 Å². The number of ether oxygens (including phenoxy) is 1. The second kappa shape index (κ2) is 6.02. The number of halogens is 1. The number of rotatable bonds is 3. The number of anilines is 1. The van der Waals surface area contributed by atoms with E-state index in [2.05, 4.69) is 5.32 Å². The number of nitrogens with zero attached hydrogens (tertiary/aromatic N) is 1. The van der Waals surface area contributed by atoms with Crippen molar-refractivity contribution in [1.29, 1.82) is 0 Å². The van der Waals surface area contributed by atoms with Crippen molar-refractivity contribution in [2.75, 3.05) is 25.0 Å². The second-order valence-corrected chi connectivity index (χ2v) is 6.07. The molecule has 4 nitrogen and oxygen atoms in total. The highest BCUT2D eigenvalue weighted by Crippen LogP contribution is 2.26. The maximum Gasteiger partial charge on any atom is 0.256 e. The van der Waals surface area contributed by atoms with Gasteiger partial charge in [0.05, 0.1) is 23.0 Å². The van der Waals surface area contributed by atoms with Crippen LogP contribution in [0.25, 0.3) is 0 Å². The summed E-state index contributed by atoms with van der Waals surface area (Å²) in [5, 5.41) is 2.94. The van der Waals surface area contributed by atoms with Crippen molar-refractivity contribution in [3.63, 3.8) is 0 Å². The van der Waals surface area contributed by atoms with Crippen LogP contribution in [0.2, 0.25) is 0 Å². The van der Waals surface area contributed by atoms with E-state index in [-0.39, 0.29) is 23.3 Å². The summed E-state index contributed by atoms with van der Waals surface area (Å²) in [4.78, 5) is 14.5. The summed E-state index contributed by atoms with van der Waals surface area (Å²) in [6, 6.07) is 4.59. The van der Waals surface area contributed by atoms with Gasteiger partial charge in [-0.25, -0.2) is 4.39 Å². The van der Waals surface area contributed by atoms with Gasteiger partial charge in [0.1, 0.15) is 5.82 Å². The van der Waals surface area contributed by atoms with Gasteiger partial charge in [-0.3, -0.25) is 4.79 Å². The van der Waals surface area contributed by atoms with Gasteiger partial charge >= 0.3 is 0 Å². The Morgan fingerprint density at radius 1 is 1.52 bits per heavy atom. The highest BCUT2D eigenvalue weighted by Gasteiger charge is 2.34. The number of morpholine rings is 1. The number of hydrogen-bond acceptors (Lipinski definition) is 3. The maximum absolute atomic E-state index is 13.9. The molecule has 21 heavy (non-hydrogen) atoms. The molecular weight excluding hydrogens is 271 g/mol. The number of hydrogen-bond donors (Lipinski definition) is 1. The van der Waals surface area contributed by atoms with Crippen LogP contribution < -0.4 is 5.32 Å². The van der Waals surface area contributed by atoms with E-state index in [1.165, 1.54) is 6.07 Å². The predicted molar refractivity (Wildman–Crippen MR) is 81.1 cm³/mol. The van der Waals surface area contributed by atoms with Crippen LogP contribution in [0.3, 0.4) is 0 Å². The SMILES string of the molecule is CCNc1c(F)cccc1C(=O)N1CC(C)OC(C)(C)C1. The summed E-state index contributed by atoms with van der Waals surface area (Å²) in [7, 11) is 0. The Morgan fingerprint density at radius 3 is 2.86 bits per heavy atom. The van der Waals surface area contributed by atoms with Crippen LogP contribution in [0.4, 0.5) is 10.1 Å². The van der Waals surface area contributed by atoms with E-state index in [0.717, 1.165) is 0 Å². The number of para-hydroxylation sites is 1. The van der Waals surface area contributed by atoms with Gasteiger partial charge in [-0.1, -0.05) is 6.07 Å². The van der Waals surface area contributed by atoms with Gasteiger partial charge < -0.3 is 15.0 Å². The molecule has 2 rings (SSSR count). The number of benzene rings is 1. The molecule has 1 saturated heterocycles. The number of carbonyl (C=O) groups is 1. The minimum Gasteiger partial charge on any atom is -0.382 e. The van der Waals surface area contributed by atoms with Gasteiger partial charge in [0, 0.05) is 19.6 Å². The molecule has 1 aliphatic heterocycles. The zero-order valence-electron chi connectivity index (χ0n) is 13.1. The Kier molecular flexibility index (Phi) is 4.52. The molecule has 116 valence electrons. The first-order chi connectivity index (χ1) is 9.84. The van der Waals surface area contributed by atoms with E-state index in [0.29, 0.717) is 25.2 Å². The van der Waals surface area contributed by atoms with E-state index in [9.17, 15) is 9.18 Å². The highest BCUT2D eigenvalue weighted by molar-refractivity contribution is 5.99. The Labute approximate surface area is 125 Å². The van der Waals surface area contributed by atoms with Gasteiger partial charge in [-0.15, -0.1) is 0 Å². The van der Waals surface area contributed by atoms with Crippen LogP contribution in [0, 0.1) is 5.82 Å². The average molecular weight is 294 g/mol. The highest BCUT2D eigenvalue weighted by atomic mass is 19.1. The van der Waals surface area contributed by atoms with Crippen LogP contribution in [-0.4, -0.2) is 42.1 Å². The number of amides is 1. The standard InChI is InChI=1S/C16H23FN2O2/c1-5-18-14-12(7-6-8-13(14)17)15(20)19-9-11(2)21-16(3,4)10-19/h6-8,11,18H,5,9-10H2,1-4H3. The predicted octanol–water partition coefficient (Wildman–Crippen LogP) is 2.90. The fourth-order valence-corrected chi connectivity index (χ4v) is 2.84. The number of carbonyl (C=O) groups excluding carboxylic acids is 1. The lowest BCUT2D eigenvalue weighted by Gasteiger charge is -2.41. The fraction of sp³-hybridized carbons (Fsp3) is 0.562. The van der Waals surface area contributed by atoms with Crippen molar-refractivity contribution in [2.24, 2.45) is 0 Å². The summed E-state index contributed by atoms with van der Waals surface area (Å²) in [6.07, 6.45) is -0.0335. The smallest absolute Gasteiger partial charge is 0.256 e. The Morgan fingerprint density at radius 2 is 2.24 bits per heavy atom. The fourth-order valence-electron chi connectivity index (χ4n) is 2.84. The van der Waals surface area contributed by atoms with Crippen molar-refractivity contribution >= 4 is 11.6 Å². The summed E-state index contributed by atoms with van der Waals surface area (Å²) >= 11 is 0. The monoisotopic (exact) mass is 294 g/mol. The number of nitrogens with one attached hydrogen (secondary N) is 1. The van der Waals surface area contributed by atoms with Gasteiger partial charge in [0.15, 0.2) is 0 Å². The molecule has 1 fully saturated rings. The van der Waals surface area contributed by atoms with E-state index < -0.39 is 5.82 Å². The zero-order chi connectivity index (χ0) is 15.6. The third-order valence-corrected chi connectivity index (χ3v) is 3.45. The van der Waals surface area contributed by atoms with Gasteiger partial charge in [-0.05, 0) is 39.8 Å². The summed E-state index contributed by atoms with van der Waals surface area (Å²) in [5.74, 6) is -0.558. The molecule has 0 aliphatic carbocycles. The molecule has 1 N–H and O–H groups in total. The van der Waals surface area contributed by atoms with Crippen LogP contribution >= 0.6 is 0 Å². The largest absolute Gasteiger partial charge is 0.382 e. The lowest BCUT2D eigenvalue weighted by atomic mass is 10.0. The first kappa shape index (κ1) is 15.8. The Balaban J connectivity index is 2.29. The molecule has 0 saturated carbocycles. The zero-order valence-corrected chi connectivity index (χ0v) is 13.1. The minimum absolute atomic E-state index is 0.0335. The van der Waals surface area contributed by atoms with Crippen LogP contribution in [0.5, 0.6) is 0 Å².